The molecule has 0 bridgehead atoms. The molecule has 1 fully saturated rings. The van der Waals surface area contributed by atoms with Crippen LogP contribution in [0.2, 0.25) is 0 Å². The van der Waals surface area contributed by atoms with E-state index >= 15 is 0 Å². The standard InChI is InChI=1S/C17H17N7O/c1-12-10-22(17-19-13-4-2-3-5-14(13)25-17)8-9-23(12)16-7-6-15-20-18-11-24(15)21-16/h2-7,11-12H,8-10H2,1H3/t12-/m0/s1. The zero-order chi connectivity index (χ0) is 16.8. The maximum Gasteiger partial charge on any atom is 0.298 e. The largest absolute Gasteiger partial charge is 0.423 e. The molecule has 4 heterocycles. The van der Waals surface area contributed by atoms with Crippen molar-refractivity contribution in [1.82, 2.24) is 24.8 Å². The van der Waals surface area contributed by atoms with E-state index in [2.05, 4.69) is 37.0 Å². The van der Waals surface area contributed by atoms with Gasteiger partial charge in [-0.3, -0.25) is 0 Å². The molecular weight excluding hydrogens is 318 g/mol. The number of hydrogen-bond acceptors (Lipinski definition) is 7. The van der Waals surface area contributed by atoms with E-state index < -0.39 is 0 Å². The van der Waals surface area contributed by atoms with E-state index in [-0.39, 0.29) is 6.04 Å². The minimum absolute atomic E-state index is 0.283. The van der Waals surface area contributed by atoms with E-state index in [9.17, 15) is 0 Å². The summed E-state index contributed by atoms with van der Waals surface area (Å²) in [4.78, 5) is 9.09. The third-order valence-corrected chi connectivity index (χ3v) is 4.62. The SMILES string of the molecule is C[C@H]1CN(c2nc3ccccc3o2)CCN1c1ccc2nncn2n1. The second-order valence-electron chi connectivity index (χ2n) is 6.28. The second-order valence-corrected chi connectivity index (χ2v) is 6.28. The van der Waals surface area contributed by atoms with Gasteiger partial charge in [-0.2, -0.15) is 9.50 Å². The van der Waals surface area contributed by atoms with Gasteiger partial charge in [-0.25, -0.2) is 0 Å². The van der Waals surface area contributed by atoms with Crippen molar-refractivity contribution in [2.75, 3.05) is 29.4 Å². The van der Waals surface area contributed by atoms with E-state index in [0.29, 0.717) is 6.01 Å². The van der Waals surface area contributed by atoms with Crippen LogP contribution in [0.3, 0.4) is 0 Å². The number of piperazine rings is 1. The first kappa shape index (κ1) is 14.2. The number of benzene rings is 1. The van der Waals surface area contributed by atoms with E-state index in [1.807, 2.05) is 36.4 Å². The van der Waals surface area contributed by atoms with Gasteiger partial charge < -0.3 is 14.2 Å². The van der Waals surface area contributed by atoms with Crippen molar-refractivity contribution in [3.05, 3.63) is 42.7 Å². The van der Waals surface area contributed by atoms with Gasteiger partial charge in [0.2, 0.25) is 0 Å². The minimum atomic E-state index is 0.283. The molecule has 5 rings (SSSR count). The van der Waals surface area contributed by atoms with Gasteiger partial charge in [-0.15, -0.1) is 15.3 Å². The fourth-order valence-corrected chi connectivity index (χ4v) is 3.34. The monoisotopic (exact) mass is 335 g/mol. The molecule has 0 spiro atoms. The first-order chi connectivity index (χ1) is 12.3. The summed E-state index contributed by atoms with van der Waals surface area (Å²) in [7, 11) is 0. The van der Waals surface area contributed by atoms with Crippen LogP contribution < -0.4 is 9.80 Å². The van der Waals surface area contributed by atoms with E-state index in [4.69, 9.17) is 4.42 Å². The lowest BCUT2D eigenvalue weighted by atomic mass is 10.2. The van der Waals surface area contributed by atoms with Crippen molar-refractivity contribution in [2.24, 2.45) is 0 Å². The summed E-state index contributed by atoms with van der Waals surface area (Å²) < 4.78 is 7.61. The van der Waals surface area contributed by atoms with Crippen LogP contribution in [0.15, 0.2) is 47.1 Å². The first-order valence-electron chi connectivity index (χ1n) is 8.32. The van der Waals surface area contributed by atoms with Gasteiger partial charge in [0.05, 0.1) is 0 Å². The summed E-state index contributed by atoms with van der Waals surface area (Å²) in [5.41, 5.74) is 2.47. The van der Waals surface area contributed by atoms with Crippen molar-refractivity contribution in [2.45, 2.75) is 13.0 Å². The summed E-state index contributed by atoms with van der Waals surface area (Å²) in [6, 6.07) is 12.8. The number of oxazole rings is 1. The predicted molar refractivity (Wildman–Crippen MR) is 93.8 cm³/mol. The summed E-state index contributed by atoms with van der Waals surface area (Å²) in [5, 5.41) is 12.5. The third-order valence-electron chi connectivity index (χ3n) is 4.62. The molecule has 1 aliphatic rings. The van der Waals surface area contributed by atoms with Crippen molar-refractivity contribution >= 4 is 28.6 Å². The lowest BCUT2D eigenvalue weighted by molar-refractivity contribution is 0.493. The number of nitrogens with zero attached hydrogens (tertiary/aromatic N) is 7. The van der Waals surface area contributed by atoms with Gasteiger partial charge in [-0.1, -0.05) is 12.1 Å². The molecule has 8 heteroatoms. The fourth-order valence-electron chi connectivity index (χ4n) is 3.34. The zero-order valence-corrected chi connectivity index (χ0v) is 13.8. The van der Waals surface area contributed by atoms with Gasteiger partial charge in [0.25, 0.3) is 6.01 Å². The maximum atomic E-state index is 5.90. The third kappa shape index (κ3) is 2.37. The molecular formula is C17H17N7O. The summed E-state index contributed by atoms with van der Waals surface area (Å²) in [6.07, 6.45) is 1.62. The Kier molecular flexibility index (Phi) is 3.09. The normalized spacial score (nSPS) is 18.4. The Morgan fingerprint density at radius 1 is 1.12 bits per heavy atom. The fraction of sp³-hybridized carbons (Fsp3) is 0.294. The van der Waals surface area contributed by atoms with Crippen LogP contribution in [0.5, 0.6) is 0 Å². The smallest absolute Gasteiger partial charge is 0.298 e. The van der Waals surface area contributed by atoms with Gasteiger partial charge in [0.15, 0.2) is 11.2 Å². The average molecular weight is 335 g/mol. The van der Waals surface area contributed by atoms with Crippen LogP contribution in [0.25, 0.3) is 16.7 Å². The lowest BCUT2D eigenvalue weighted by Gasteiger charge is -2.39. The topological polar surface area (TPSA) is 75.6 Å². The Morgan fingerprint density at radius 2 is 2.04 bits per heavy atom. The summed E-state index contributed by atoms with van der Waals surface area (Å²) >= 11 is 0. The highest BCUT2D eigenvalue weighted by atomic mass is 16.4. The lowest BCUT2D eigenvalue weighted by Crippen LogP contribution is -2.52. The molecule has 0 aliphatic carbocycles. The number of hydrogen-bond donors (Lipinski definition) is 0. The van der Waals surface area contributed by atoms with Crippen LogP contribution >= 0.6 is 0 Å². The molecule has 1 aliphatic heterocycles. The highest BCUT2D eigenvalue weighted by Gasteiger charge is 2.27. The molecule has 126 valence electrons. The van der Waals surface area contributed by atoms with Crippen molar-refractivity contribution < 1.29 is 4.42 Å². The number of anilines is 2. The molecule has 0 amide bonds. The Labute approximate surface area is 143 Å². The predicted octanol–water partition coefficient (Wildman–Crippen LogP) is 1.98. The molecule has 0 unspecified atom stereocenters. The molecule has 1 aromatic carbocycles. The quantitative estimate of drug-likeness (QED) is 0.554. The molecule has 0 radical (unpaired) electrons. The number of aromatic nitrogens is 5. The number of rotatable bonds is 2. The van der Waals surface area contributed by atoms with Crippen LogP contribution in [0.4, 0.5) is 11.8 Å². The van der Waals surface area contributed by atoms with E-state index in [1.165, 1.54) is 0 Å². The molecule has 1 atom stereocenters. The molecule has 0 saturated carbocycles. The average Bonchev–Trinajstić information content (AvgIpc) is 3.27. The molecule has 3 aromatic heterocycles. The maximum absolute atomic E-state index is 5.90. The Bertz CT molecular complexity index is 1010. The Hall–Kier alpha value is -3.16. The van der Waals surface area contributed by atoms with Crippen molar-refractivity contribution in [1.29, 1.82) is 0 Å². The minimum Gasteiger partial charge on any atom is -0.423 e. The van der Waals surface area contributed by atoms with Gasteiger partial charge >= 0.3 is 0 Å². The van der Waals surface area contributed by atoms with Gasteiger partial charge in [-0.05, 0) is 31.2 Å². The Balaban J connectivity index is 1.39. The Morgan fingerprint density at radius 3 is 2.92 bits per heavy atom. The molecule has 4 aromatic rings. The number of fused-ring (bicyclic) bond motifs is 2. The van der Waals surface area contributed by atoms with Crippen LogP contribution in [-0.4, -0.2) is 50.5 Å². The highest BCUT2D eigenvalue weighted by molar-refractivity contribution is 5.74. The van der Waals surface area contributed by atoms with E-state index in [1.54, 1.807) is 10.8 Å². The van der Waals surface area contributed by atoms with Crippen molar-refractivity contribution in [3.63, 3.8) is 0 Å². The van der Waals surface area contributed by atoms with Crippen LogP contribution in [-0.2, 0) is 0 Å². The summed E-state index contributed by atoms with van der Waals surface area (Å²) in [6.45, 7) is 4.70. The van der Waals surface area contributed by atoms with Crippen LogP contribution in [0.1, 0.15) is 6.92 Å². The molecule has 1 saturated heterocycles. The van der Waals surface area contributed by atoms with Crippen LogP contribution in [0, 0.1) is 0 Å². The second kappa shape index (κ2) is 5.44. The van der Waals surface area contributed by atoms with E-state index in [0.717, 1.165) is 42.2 Å². The summed E-state index contributed by atoms with van der Waals surface area (Å²) in [5.74, 6) is 0.928. The first-order valence-corrected chi connectivity index (χ1v) is 8.32. The van der Waals surface area contributed by atoms with Gasteiger partial charge in [0, 0.05) is 25.7 Å². The zero-order valence-electron chi connectivity index (χ0n) is 13.8. The number of para-hydroxylation sites is 2. The van der Waals surface area contributed by atoms with Crippen molar-refractivity contribution in [3.8, 4) is 0 Å². The molecule has 25 heavy (non-hydrogen) atoms. The molecule has 8 nitrogen and oxygen atoms in total. The highest BCUT2D eigenvalue weighted by Crippen LogP contribution is 2.25. The van der Waals surface area contributed by atoms with Gasteiger partial charge in [0.1, 0.15) is 17.7 Å². The molecule has 0 N–H and O–H groups in total.